The van der Waals surface area contributed by atoms with Crippen LogP contribution in [0.4, 0.5) is 5.69 Å². The third-order valence-electron chi connectivity index (χ3n) is 2.72. The zero-order valence-corrected chi connectivity index (χ0v) is 10.9. The van der Waals surface area contributed by atoms with E-state index in [0.717, 1.165) is 13.0 Å². The lowest BCUT2D eigenvalue weighted by molar-refractivity contribution is 1.11. The highest BCUT2D eigenvalue weighted by Crippen LogP contribution is 2.18. The van der Waals surface area contributed by atoms with Crippen LogP contribution in [-0.2, 0) is 19.5 Å². The maximum Gasteiger partial charge on any atom is 0.0494 e. The number of aryl methyl sites for hydroxylation is 1. The molecule has 0 spiro atoms. The van der Waals surface area contributed by atoms with E-state index >= 15 is 0 Å². The van der Waals surface area contributed by atoms with E-state index in [-0.39, 0.29) is 0 Å². The number of benzene rings is 1. The summed E-state index contributed by atoms with van der Waals surface area (Å²) in [5.41, 5.74) is 8.15. The van der Waals surface area contributed by atoms with Crippen molar-refractivity contribution in [2.75, 3.05) is 5.32 Å². The van der Waals surface area contributed by atoms with Crippen molar-refractivity contribution in [1.29, 1.82) is 0 Å². The van der Waals surface area contributed by atoms with E-state index in [4.69, 9.17) is 5.73 Å². The largest absolute Gasteiger partial charge is 0.380 e. The number of nitrogens with one attached hydrogen (secondary N) is 1. The molecule has 0 fully saturated rings. The fraction of sp³-hybridized carbons (Fsp3) is 0.286. The van der Waals surface area contributed by atoms with Gasteiger partial charge in [0.15, 0.2) is 0 Å². The standard InChI is InChI=1S/C14H18N2S/c1-2-11-4-3-5-12(8-11)16-10-14-7-6-13(9-15)17-14/h3-8,16H,2,9-10,15H2,1H3. The van der Waals surface area contributed by atoms with Crippen molar-refractivity contribution < 1.29 is 0 Å². The maximum absolute atomic E-state index is 5.60. The molecule has 90 valence electrons. The van der Waals surface area contributed by atoms with Gasteiger partial charge in [-0.25, -0.2) is 0 Å². The van der Waals surface area contributed by atoms with E-state index < -0.39 is 0 Å². The van der Waals surface area contributed by atoms with Gasteiger partial charge >= 0.3 is 0 Å². The number of anilines is 1. The predicted molar refractivity (Wildman–Crippen MR) is 75.4 cm³/mol. The number of hydrogen-bond acceptors (Lipinski definition) is 3. The Morgan fingerprint density at radius 2 is 2.00 bits per heavy atom. The van der Waals surface area contributed by atoms with Crippen molar-refractivity contribution in [3.05, 3.63) is 51.7 Å². The third-order valence-corrected chi connectivity index (χ3v) is 3.83. The summed E-state index contributed by atoms with van der Waals surface area (Å²) in [5, 5.41) is 3.44. The molecule has 0 radical (unpaired) electrons. The summed E-state index contributed by atoms with van der Waals surface area (Å²) in [4.78, 5) is 2.57. The van der Waals surface area contributed by atoms with Crippen molar-refractivity contribution in [2.45, 2.75) is 26.4 Å². The molecule has 0 aliphatic carbocycles. The number of rotatable bonds is 5. The molecule has 0 atom stereocenters. The molecule has 1 aromatic heterocycles. The second kappa shape index (κ2) is 5.84. The van der Waals surface area contributed by atoms with Crippen LogP contribution in [0.25, 0.3) is 0 Å². The molecule has 0 amide bonds. The van der Waals surface area contributed by atoms with Gasteiger partial charge in [0.1, 0.15) is 0 Å². The summed E-state index contributed by atoms with van der Waals surface area (Å²) in [6.07, 6.45) is 1.08. The van der Waals surface area contributed by atoms with Crippen LogP contribution in [0.3, 0.4) is 0 Å². The molecule has 0 bridgehead atoms. The van der Waals surface area contributed by atoms with E-state index in [2.05, 4.69) is 48.6 Å². The third kappa shape index (κ3) is 3.32. The predicted octanol–water partition coefficient (Wildman–Crippen LogP) is 3.38. The van der Waals surface area contributed by atoms with Gasteiger partial charge in [-0.15, -0.1) is 11.3 Å². The smallest absolute Gasteiger partial charge is 0.0494 e. The van der Waals surface area contributed by atoms with Crippen molar-refractivity contribution in [3.8, 4) is 0 Å². The van der Waals surface area contributed by atoms with Crippen LogP contribution in [0.15, 0.2) is 36.4 Å². The first kappa shape index (κ1) is 12.1. The van der Waals surface area contributed by atoms with Gasteiger partial charge in [0.25, 0.3) is 0 Å². The van der Waals surface area contributed by atoms with Crippen molar-refractivity contribution in [3.63, 3.8) is 0 Å². The molecular weight excluding hydrogens is 228 g/mol. The molecule has 3 N–H and O–H groups in total. The van der Waals surface area contributed by atoms with Gasteiger partial charge in [-0.2, -0.15) is 0 Å². The van der Waals surface area contributed by atoms with E-state index in [9.17, 15) is 0 Å². The topological polar surface area (TPSA) is 38.0 Å². The summed E-state index contributed by atoms with van der Waals surface area (Å²) in [6.45, 7) is 3.68. The summed E-state index contributed by atoms with van der Waals surface area (Å²) in [7, 11) is 0. The molecule has 0 aliphatic rings. The normalized spacial score (nSPS) is 10.5. The average molecular weight is 246 g/mol. The molecule has 1 heterocycles. The number of hydrogen-bond donors (Lipinski definition) is 2. The average Bonchev–Trinajstić information content (AvgIpc) is 2.84. The minimum Gasteiger partial charge on any atom is -0.380 e. The highest BCUT2D eigenvalue weighted by atomic mass is 32.1. The molecule has 2 rings (SSSR count). The molecule has 2 nitrogen and oxygen atoms in total. The van der Waals surface area contributed by atoms with Gasteiger partial charge in [0.05, 0.1) is 0 Å². The molecule has 1 aromatic carbocycles. The summed E-state index contributed by atoms with van der Waals surface area (Å²) in [5.74, 6) is 0. The molecule has 0 aliphatic heterocycles. The van der Waals surface area contributed by atoms with Crippen LogP contribution in [0.5, 0.6) is 0 Å². The van der Waals surface area contributed by atoms with Crippen LogP contribution in [0, 0.1) is 0 Å². The second-order valence-corrected chi connectivity index (χ2v) is 5.23. The van der Waals surface area contributed by atoms with Crippen LogP contribution in [0.2, 0.25) is 0 Å². The fourth-order valence-corrected chi connectivity index (χ4v) is 2.55. The Kier molecular flexibility index (Phi) is 4.18. The monoisotopic (exact) mass is 246 g/mol. The lowest BCUT2D eigenvalue weighted by Gasteiger charge is -2.06. The van der Waals surface area contributed by atoms with E-state index in [1.54, 1.807) is 11.3 Å². The van der Waals surface area contributed by atoms with Gasteiger partial charge in [-0.1, -0.05) is 19.1 Å². The lowest BCUT2D eigenvalue weighted by atomic mass is 10.1. The van der Waals surface area contributed by atoms with E-state index in [1.165, 1.54) is 21.0 Å². The van der Waals surface area contributed by atoms with Crippen LogP contribution in [0.1, 0.15) is 22.2 Å². The first-order valence-electron chi connectivity index (χ1n) is 5.92. The zero-order valence-electron chi connectivity index (χ0n) is 10.1. The second-order valence-electron chi connectivity index (χ2n) is 3.98. The minimum absolute atomic E-state index is 0.635. The van der Waals surface area contributed by atoms with E-state index in [0.29, 0.717) is 6.54 Å². The number of nitrogens with two attached hydrogens (primary N) is 1. The van der Waals surface area contributed by atoms with E-state index in [1.807, 2.05) is 0 Å². The maximum atomic E-state index is 5.60. The molecule has 0 unspecified atom stereocenters. The zero-order chi connectivity index (χ0) is 12.1. The van der Waals surface area contributed by atoms with Crippen LogP contribution >= 0.6 is 11.3 Å². The Hall–Kier alpha value is -1.32. The van der Waals surface area contributed by atoms with Gasteiger partial charge in [0.2, 0.25) is 0 Å². The SMILES string of the molecule is CCc1cccc(NCc2ccc(CN)s2)c1. The Balaban J connectivity index is 1.96. The highest BCUT2D eigenvalue weighted by Gasteiger charge is 1.99. The van der Waals surface area contributed by atoms with Crippen LogP contribution in [-0.4, -0.2) is 0 Å². The highest BCUT2D eigenvalue weighted by molar-refractivity contribution is 7.11. The Labute approximate surface area is 106 Å². The molecule has 17 heavy (non-hydrogen) atoms. The Morgan fingerprint density at radius 3 is 2.71 bits per heavy atom. The molecule has 2 aromatic rings. The Morgan fingerprint density at radius 1 is 1.18 bits per heavy atom. The summed E-state index contributed by atoms with van der Waals surface area (Å²) in [6, 6.07) is 12.8. The molecule has 0 saturated carbocycles. The van der Waals surface area contributed by atoms with Gasteiger partial charge in [-0.3, -0.25) is 0 Å². The molecule has 3 heteroatoms. The van der Waals surface area contributed by atoms with Crippen molar-refractivity contribution in [2.24, 2.45) is 5.73 Å². The van der Waals surface area contributed by atoms with Gasteiger partial charge in [0, 0.05) is 28.5 Å². The molecular formula is C14H18N2S. The number of thiophene rings is 1. The summed E-state index contributed by atoms with van der Waals surface area (Å²) >= 11 is 1.77. The quantitative estimate of drug-likeness (QED) is 0.848. The molecule has 0 saturated heterocycles. The van der Waals surface area contributed by atoms with Crippen molar-refractivity contribution >= 4 is 17.0 Å². The fourth-order valence-electron chi connectivity index (χ4n) is 1.72. The van der Waals surface area contributed by atoms with Gasteiger partial charge < -0.3 is 11.1 Å². The summed E-state index contributed by atoms with van der Waals surface area (Å²) < 4.78 is 0. The minimum atomic E-state index is 0.635. The van der Waals surface area contributed by atoms with Crippen molar-refractivity contribution in [1.82, 2.24) is 0 Å². The van der Waals surface area contributed by atoms with Gasteiger partial charge in [-0.05, 0) is 36.2 Å². The Bertz CT molecular complexity index is 477. The lowest BCUT2D eigenvalue weighted by Crippen LogP contribution is -1.97. The first-order chi connectivity index (χ1) is 8.31. The van der Waals surface area contributed by atoms with Crippen LogP contribution < -0.4 is 11.1 Å². The first-order valence-corrected chi connectivity index (χ1v) is 6.74.